The third kappa shape index (κ3) is 4.08. The third-order valence-electron chi connectivity index (χ3n) is 6.09. The molecule has 164 valence electrons. The van der Waals surface area contributed by atoms with Crippen molar-refractivity contribution in [1.29, 1.82) is 0 Å². The van der Waals surface area contributed by atoms with Crippen LogP contribution >= 0.6 is 0 Å². The van der Waals surface area contributed by atoms with E-state index < -0.39 is 5.97 Å². The van der Waals surface area contributed by atoms with Gasteiger partial charge in [-0.25, -0.2) is 4.79 Å². The van der Waals surface area contributed by atoms with Crippen molar-refractivity contribution in [2.45, 2.75) is 44.6 Å². The standard InChI is InChI=1S/C24H23N3O5/c28-21-5-2-12-27(21)14-18-7-6-17(24(29)30)13-20(18)31-19-10-8-16(9-11-19)23-25-22(26-32-23)15-3-1-4-15/h6-11,13,15H,1-5,12,14H2,(H,29,30). The van der Waals surface area contributed by atoms with Gasteiger partial charge in [0.25, 0.3) is 5.89 Å². The van der Waals surface area contributed by atoms with Crippen LogP contribution in [0.2, 0.25) is 0 Å². The van der Waals surface area contributed by atoms with Crippen molar-refractivity contribution in [2.24, 2.45) is 0 Å². The zero-order valence-electron chi connectivity index (χ0n) is 17.5. The van der Waals surface area contributed by atoms with Gasteiger partial charge in [-0.1, -0.05) is 17.6 Å². The Morgan fingerprint density at radius 1 is 1.16 bits per heavy atom. The van der Waals surface area contributed by atoms with E-state index in [0.717, 1.165) is 36.2 Å². The van der Waals surface area contributed by atoms with Gasteiger partial charge in [0.05, 0.1) is 5.56 Å². The van der Waals surface area contributed by atoms with Crippen LogP contribution in [-0.2, 0) is 11.3 Å². The number of likely N-dealkylation sites (tertiary alicyclic amines) is 1. The summed E-state index contributed by atoms with van der Waals surface area (Å²) in [6, 6.07) is 12.0. The van der Waals surface area contributed by atoms with E-state index in [1.807, 2.05) is 12.1 Å². The van der Waals surface area contributed by atoms with Gasteiger partial charge in [0.15, 0.2) is 5.82 Å². The molecule has 0 radical (unpaired) electrons. The quantitative estimate of drug-likeness (QED) is 0.580. The summed E-state index contributed by atoms with van der Waals surface area (Å²) in [6.45, 7) is 1.08. The van der Waals surface area contributed by atoms with Crippen LogP contribution in [0.25, 0.3) is 11.5 Å². The van der Waals surface area contributed by atoms with Crippen LogP contribution in [0.15, 0.2) is 47.0 Å². The van der Waals surface area contributed by atoms with Gasteiger partial charge in [-0.15, -0.1) is 0 Å². The second kappa shape index (κ2) is 8.45. The number of carbonyl (C=O) groups excluding carboxylic acids is 1. The summed E-state index contributed by atoms with van der Waals surface area (Å²) >= 11 is 0. The first kappa shape index (κ1) is 20.2. The molecule has 5 rings (SSSR count). The first-order valence-electron chi connectivity index (χ1n) is 10.8. The maximum atomic E-state index is 12.0. The van der Waals surface area contributed by atoms with Crippen LogP contribution in [0.3, 0.4) is 0 Å². The predicted octanol–water partition coefficient (Wildman–Crippen LogP) is 4.62. The van der Waals surface area contributed by atoms with Crippen LogP contribution in [0.5, 0.6) is 11.5 Å². The molecular weight excluding hydrogens is 410 g/mol. The van der Waals surface area contributed by atoms with Crippen LogP contribution < -0.4 is 4.74 Å². The summed E-state index contributed by atoms with van der Waals surface area (Å²) in [5, 5.41) is 13.5. The van der Waals surface area contributed by atoms with Crippen molar-refractivity contribution in [1.82, 2.24) is 15.0 Å². The Balaban J connectivity index is 1.36. The molecule has 0 atom stereocenters. The van der Waals surface area contributed by atoms with Gasteiger partial charge in [-0.2, -0.15) is 4.98 Å². The summed E-state index contributed by atoms with van der Waals surface area (Å²) in [7, 11) is 0. The van der Waals surface area contributed by atoms with Crippen LogP contribution in [0.4, 0.5) is 0 Å². The van der Waals surface area contributed by atoms with E-state index in [1.165, 1.54) is 18.6 Å². The monoisotopic (exact) mass is 433 g/mol. The van der Waals surface area contributed by atoms with E-state index in [4.69, 9.17) is 9.26 Å². The minimum atomic E-state index is -1.03. The van der Waals surface area contributed by atoms with Gasteiger partial charge in [0.2, 0.25) is 5.91 Å². The fourth-order valence-corrected chi connectivity index (χ4v) is 3.97. The summed E-state index contributed by atoms with van der Waals surface area (Å²) in [6.07, 6.45) is 4.79. The van der Waals surface area contributed by atoms with Gasteiger partial charge in [0.1, 0.15) is 11.5 Å². The van der Waals surface area contributed by atoms with Gasteiger partial charge >= 0.3 is 5.97 Å². The van der Waals surface area contributed by atoms with Crippen LogP contribution in [0.1, 0.15) is 59.8 Å². The molecule has 1 saturated heterocycles. The Kier molecular flexibility index (Phi) is 5.34. The molecule has 1 aliphatic carbocycles. The number of hydrogen-bond acceptors (Lipinski definition) is 6. The number of carbonyl (C=O) groups is 2. The maximum absolute atomic E-state index is 12.0. The van der Waals surface area contributed by atoms with Crippen LogP contribution in [-0.4, -0.2) is 38.6 Å². The van der Waals surface area contributed by atoms with Gasteiger partial charge in [-0.3, -0.25) is 4.79 Å². The fourth-order valence-electron chi connectivity index (χ4n) is 3.97. The maximum Gasteiger partial charge on any atom is 0.335 e. The molecule has 2 aliphatic rings. The smallest absolute Gasteiger partial charge is 0.335 e. The lowest BCUT2D eigenvalue weighted by molar-refractivity contribution is -0.128. The molecule has 0 unspecified atom stereocenters. The molecule has 1 amide bonds. The minimum Gasteiger partial charge on any atom is -0.478 e. The van der Waals surface area contributed by atoms with Crippen molar-refractivity contribution < 1.29 is 24.0 Å². The molecule has 0 bridgehead atoms. The van der Waals surface area contributed by atoms with Crippen molar-refractivity contribution in [3.05, 3.63) is 59.4 Å². The summed E-state index contributed by atoms with van der Waals surface area (Å²) in [5.41, 5.74) is 1.68. The molecule has 1 saturated carbocycles. The minimum absolute atomic E-state index is 0.100. The number of nitrogens with zero attached hydrogens (tertiary/aromatic N) is 3. The Morgan fingerprint density at radius 3 is 2.62 bits per heavy atom. The predicted molar refractivity (Wildman–Crippen MR) is 114 cm³/mol. The van der Waals surface area contributed by atoms with Gasteiger partial charge in [0, 0.05) is 36.6 Å². The van der Waals surface area contributed by atoms with E-state index in [-0.39, 0.29) is 11.5 Å². The topological polar surface area (TPSA) is 106 Å². The van der Waals surface area contributed by atoms with Crippen LogP contribution in [0, 0.1) is 0 Å². The van der Waals surface area contributed by atoms with Crippen molar-refractivity contribution in [3.8, 4) is 23.0 Å². The van der Waals surface area contributed by atoms with E-state index in [0.29, 0.717) is 42.8 Å². The highest BCUT2D eigenvalue weighted by Gasteiger charge is 2.25. The lowest BCUT2D eigenvalue weighted by Crippen LogP contribution is -2.24. The molecule has 32 heavy (non-hydrogen) atoms. The highest BCUT2D eigenvalue weighted by Crippen LogP contribution is 2.36. The lowest BCUT2D eigenvalue weighted by atomic mass is 9.85. The van der Waals surface area contributed by atoms with Gasteiger partial charge < -0.3 is 19.3 Å². The molecule has 1 N–H and O–H groups in total. The molecule has 0 spiro atoms. The highest BCUT2D eigenvalue weighted by molar-refractivity contribution is 5.88. The number of ether oxygens (including phenoxy) is 1. The molecule has 2 aromatic carbocycles. The Bertz CT molecular complexity index is 1150. The number of benzene rings is 2. The number of amides is 1. The lowest BCUT2D eigenvalue weighted by Gasteiger charge is -2.20. The summed E-state index contributed by atoms with van der Waals surface area (Å²) < 4.78 is 11.4. The number of aromatic carboxylic acids is 1. The molecule has 1 aromatic heterocycles. The normalized spacial score (nSPS) is 16.2. The average Bonchev–Trinajstić information content (AvgIpc) is 3.38. The van der Waals surface area contributed by atoms with Crippen molar-refractivity contribution >= 4 is 11.9 Å². The fraction of sp³-hybridized carbons (Fsp3) is 0.333. The van der Waals surface area contributed by atoms with E-state index >= 15 is 0 Å². The number of hydrogen-bond donors (Lipinski definition) is 1. The second-order valence-corrected chi connectivity index (χ2v) is 8.26. The largest absolute Gasteiger partial charge is 0.478 e. The van der Waals surface area contributed by atoms with E-state index in [2.05, 4.69) is 10.1 Å². The summed E-state index contributed by atoms with van der Waals surface area (Å²) in [4.78, 5) is 29.8. The summed E-state index contributed by atoms with van der Waals surface area (Å²) in [5.74, 6) is 1.66. The van der Waals surface area contributed by atoms with E-state index in [1.54, 1.807) is 23.1 Å². The Morgan fingerprint density at radius 2 is 1.97 bits per heavy atom. The highest BCUT2D eigenvalue weighted by atomic mass is 16.5. The van der Waals surface area contributed by atoms with Crippen molar-refractivity contribution in [2.75, 3.05) is 6.54 Å². The number of aromatic nitrogens is 2. The third-order valence-corrected chi connectivity index (χ3v) is 6.09. The Labute approximate surface area is 184 Å². The zero-order valence-corrected chi connectivity index (χ0v) is 17.5. The van der Waals surface area contributed by atoms with Crippen molar-refractivity contribution in [3.63, 3.8) is 0 Å². The first-order chi connectivity index (χ1) is 15.6. The van der Waals surface area contributed by atoms with E-state index in [9.17, 15) is 14.7 Å². The molecule has 8 heteroatoms. The molecule has 1 aliphatic heterocycles. The average molecular weight is 433 g/mol. The molecule has 2 fully saturated rings. The van der Waals surface area contributed by atoms with Gasteiger partial charge in [-0.05, 0) is 55.7 Å². The number of rotatable bonds is 7. The molecule has 8 nitrogen and oxygen atoms in total. The second-order valence-electron chi connectivity index (χ2n) is 8.26. The first-order valence-corrected chi connectivity index (χ1v) is 10.8. The number of carboxylic acid groups (broad SMARTS) is 1. The molecule has 2 heterocycles. The SMILES string of the molecule is O=C(O)c1ccc(CN2CCCC2=O)c(Oc2ccc(-c3nc(C4CCC4)no3)cc2)c1. The molecular formula is C24H23N3O5. The molecule has 3 aromatic rings. The zero-order chi connectivity index (χ0) is 22.1. The Hall–Kier alpha value is -3.68. The number of carboxylic acids is 1.